The maximum atomic E-state index is 12.9. The molecule has 0 N–H and O–H groups in total. The first-order valence-corrected chi connectivity index (χ1v) is 7.39. The average molecular weight is 288 g/mol. The second kappa shape index (κ2) is 5.39. The van der Waals surface area contributed by atoms with Crippen LogP contribution in [0.25, 0.3) is 0 Å². The monoisotopic (exact) mass is 288 g/mol. The number of anilines is 1. The number of carbonyl (C=O) groups is 2. The van der Waals surface area contributed by atoms with Crippen LogP contribution in [-0.4, -0.2) is 42.6 Å². The van der Waals surface area contributed by atoms with Crippen LogP contribution in [0.3, 0.4) is 0 Å². The van der Waals surface area contributed by atoms with Gasteiger partial charge in [-0.3, -0.25) is 9.69 Å². The summed E-state index contributed by atoms with van der Waals surface area (Å²) >= 11 is 0. The number of hydrogen-bond donors (Lipinski definition) is 0. The summed E-state index contributed by atoms with van der Waals surface area (Å²) in [5, 5.41) is 0. The molecule has 0 bridgehead atoms. The number of hydrogen-bond acceptors (Lipinski definition) is 3. The Kier molecular flexibility index (Phi) is 3.57. The van der Waals surface area contributed by atoms with E-state index in [0.717, 1.165) is 18.5 Å². The first-order chi connectivity index (χ1) is 10.1. The minimum Gasteiger partial charge on any atom is -0.453 e. The van der Waals surface area contributed by atoms with Crippen LogP contribution in [0.5, 0.6) is 0 Å². The van der Waals surface area contributed by atoms with Gasteiger partial charge in [-0.1, -0.05) is 18.2 Å². The minimum atomic E-state index is -0.411. The van der Waals surface area contributed by atoms with Gasteiger partial charge in [0.2, 0.25) is 5.91 Å². The van der Waals surface area contributed by atoms with Crippen molar-refractivity contribution < 1.29 is 14.3 Å². The van der Waals surface area contributed by atoms with E-state index in [9.17, 15) is 9.59 Å². The van der Waals surface area contributed by atoms with Gasteiger partial charge in [0.1, 0.15) is 6.04 Å². The van der Waals surface area contributed by atoms with Gasteiger partial charge in [0.25, 0.3) is 0 Å². The van der Waals surface area contributed by atoms with Crippen molar-refractivity contribution >= 4 is 17.7 Å². The summed E-state index contributed by atoms with van der Waals surface area (Å²) in [4.78, 5) is 28.1. The number of carbonyl (C=O) groups excluding carboxylic acids is 2. The van der Waals surface area contributed by atoms with Crippen molar-refractivity contribution in [2.24, 2.45) is 0 Å². The molecule has 1 saturated heterocycles. The Morgan fingerprint density at radius 2 is 2.05 bits per heavy atom. The molecule has 112 valence electrons. The third kappa shape index (κ3) is 2.26. The molecule has 0 aliphatic carbocycles. The molecule has 2 amide bonds. The van der Waals surface area contributed by atoms with Crippen molar-refractivity contribution in [3.05, 3.63) is 29.8 Å². The van der Waals surface area contributed by atoms with E-state index in [2.05, 4.69) is 13.0 Å². The van der Waals surface area contributed by atoms with E-state index >= 15 is 0 Å². The molecule has 5 heteroatoms. The Hall–Kier alpha value is -2.04. The first-order valence-electron chi connectivity index (χ1n) is 7.39. The third-order valence-electron chi connectivity index (χ3n) is 4.39. The number of methoxy groups -OCH3 is 1. The van der Waals surface area contributed by atoms with Crippen LogP contribution in [0.4, 0.5) is 10.5 Å². The van der Waals surface area contributed by atoms with Gasteiger partial charge in [0.15, 0.2) is 0 Å². The van der Waals surface area contributed by atoms with Gasteiger partial charge in [0.05, 0.1) is 7.11 Å². The molecule has 3 rings (SSSR count). The van der Waals surface area contributed by atoms with Gasteiger partial charge in [-0.25, -0.2) is 4.79 Å². The first kappa shape index (κ1) is 13.9. The lowest BCUT2D eigenvalue weighted by Crippen LogP contribution is -2.49. The van der Waals surface area contributed by atoms with Crippen LogP contribution in [-0.2, 0) is 16.0 Å². The van der Waals surface area contributed by atoms with E-state index in [0.29, 0.717) is 13.0 Å². The minimum absolute atomic E-state index is 0.00958. The van der Waals surface area contributed by atoms with Crippen molar-refractivity contribution in [1.82, 2.24) is 4.90 Å². The Labute approximate surface area is 124 Å². The van der Waals surface area contributed by atoms with E-state index < -0.39 is 12.1 Å². The molecular weight excluding hydrogens is 268 g/mol. The lowest BCUT2D eigenvalue weighted by Gasteiger charge is -2.30. The Balaban J connectivity index is 1.87. The zero-order valence-electron chi connectivity index (χ0n) is 12.4. The van der Waals surface area contributed by atoms with Crippen LogP contribution in [0, 0.1) is 0 Å². The van der Waals surface area contributed by atoms with E-state index in [1.807, 2.05) is 23.1 Å². The number of likely N-dealkylation sites (tertiary alicyclic amines) is 1. The fourth-order valence-corrected chi connectivity index (χ4v) is 3.42. The highest BCUT2D eigenvalue weighted by Crippen LogP contribution is 2.34. The normalized spacial score (nSPS) is 24.1. The van der Waals surface area contributed by atoms with Crippen molar-refractivity contribution in [2.75, 3.05) is 18.6 Å². The third-order valence-corrected chi connectivity index (χ3v) is 4.39. The number of rotatable bonds is 1. The molecule has 0 saturated carbocycles. The summed E-state index contributed by atoms with van der Waals surface area (Å²) in [6.45, 7) is 2.64. The molecule has 2 unspecified atom stereocenters. The summed E-state index contributed by atoms with van der Waals surface area (Å²) in [5.41, 5.74) is 2.17. The van der Waals surface area contributed by atoms with E-state index in [1.54, 1.807) is 4.90 Å². The quantitative estimate of drug-likeness (QED) is 0.796. The Morgan fingerprint density at radius 1 is 1.29 bits per heavy atom. The fourth-order valence-electron chi connectivity index (χ4n) is 3.42. The molecule has 2 aliphatic heterocycles. The lowest BCUT2D eigenvalue weighted by atomic mass is 10.1. The predicted octanol–water partition coefficient (Wildman–Crippen LogP) is 2.20. The molecule has 1 fully saturated rings. The molecule has 2 aliphatic rings. The molecular formula is C16H20N2O3. The van der Waals surface area contributed by atoms with Gasteiger partial charge in [0, 0.05) is 18.3 Å². The standard InChI is InChI=1S/C16H20N2O3/c1-11-10-12-6-3-4-7-13(12)18(11)15(19)14-8-5-9-17(14)16(20)21-2/h3-4,6-7,11,14H,5,8-10H2,1-2H3. The Morgan fingerprint density at radius 3 is 2.81 bits per heavy atom. The predicted molar refractivity (Wildman–Crippen MR) is 79.2 cm³/mol. The summed E-state index contributed by atoms with van der Waals surface area (Å²) < 4.78 is 4.79. The van der Waals surface area contributed by atoms with Crippen LogP contribution >= 0.6 is 0 Å². The van der Waals surface area contributed by atoms with Gasteiger partial charge in [-0.05, 0) is 37.8 Å². The van der Waals surface area contributed by atoms with E-state index in [-0.39, 0.29) is 11.9 Å². The molecule has 2 atom stereocenters. The van der Waals surface area contributed by atoms with Crippen LogP contribution < -0.4 is 4.90 Å². The summed E-state index contributed by atoms with van der Waals surface area (Å²) in [6, 6.07) is 7.72. The highest BCUT2D eigenvalue weighted by Gasteiger charge is 2.41. The molecule has 0 spiro atoms. The highest BCUT2D eigenvalue weighted by molar-refractivity contribution is 6.01. The number of benzene rings is 1. The number of para-hydroxylation sites is 1. The zero-order chi connectivity index (χ0) is 15.0. The van der Waals surface area contributed by atoms with Crippen LogP contribution in [0.2, 0.25) is 0 Å². The highest BCUT2D eigenvalue weighted by atomic mass is 16.5. The second-order valence-corrected chi connectivity index (χ2v) is 5.71. The molecule has 5 nitrogen and oxygen atoms in total. The molecule has 0 aromatic heterocycles. The molecule has 21 heavy (non-hydrogen) atoms. The second-order valence-electron chi connectivity index (χ2n) is 5.71. The van der Waals surface area contributed by atoms with Crippen LogP contribution in [0.15, 0.2) is 24.3 Å². The van der Waals surface area contributed by atoms with E-state index in [1.165, 1.54) is 12.7 Å². The molecule has 0 radical (unpaired) electrons. The van der Waals surface area contributed by atoms with Crippen molar-refractivity contribution in [1.29, 1.82) is 0 Å². The Bertz CT molecular complexity index is 572. The van der Waals surface area contributed by atoms with Crippen molar-refractivity contribution in [3.8, 4) is 0 Å². The van der Waals surface area contributed by atoms with E-state index in [4.69, 9.17) is 4.74 Å². The largest absolute Gasteiger partial charge is 0.453 e. The summed E-state index contributed by atoms with van der Waals surface area (Å²) in [6.07, 6.45) is 2.01. The maximum Gasteiger partial charge on any atom is 0.410 e. The topological polar surface area (TPSA) is 49.9 Å². The molecule has 2 heterocycles. The smallest absolute Gasteiger partial charge is 0.410 e. The van der Waals surface area contributed by atoms with Gasteiger partial charge in [-0.15, -0.1) is 0 Å². The van der Waals surface area contributed by atoms with Gasteiger partial charge >= 0.3 is 6.09 Å². The van der Waals surface area contributed by atoms with Gasteiger partial charge in [-0.2, -0.15) is 0 Å². The summed E-state index contributed by atoms with van der Waals surface area (Å²) in [5.74, 6) is 0.00958. The van der Waals surface area contributed by atoms with Crippen molar-refractivity contribution in [3.63, 3.8) is 0 Å². The average Bonchev–Trinajstić information content (AvgIpc) is 3.09. The van der Waals surface area contributed by atoms with Crippen LogP contribution in [0.1, 0.15) is 25.3 Å². The summed E-state index contributed by atoms with van der Waals surface area (Å²) in [7, 11) is 1.36. The number of amides is 2. The van der Waals surface area contributed by atoms with Gasteiger partial charge < -0.3 is 9.64 Å². The maximum absolute atomic E-state index is 12.9. The molecule has 1 aromatic rings. The SMILES string of the molecule is COC(=O)N1CCCC1C(=O)N1c2ccccc2CC1C. The van der Waals surface area contributed by atoms with Crippen molar-refractivity contribution in [2.45, 2.75) is 38.3 Å². The zero-order valence-corrected chi connectivity index (χ0v) is 12.4. The molecule has 1 aromatic carbocycles. The number of ether oxygens (including phenoxy) is 1. The fraction of sp³-hybridized carbons (Fsp3) is 0.500. The lowest BCUT2D eigenvalue weighted by molar-refractivity contribution is -0.122. The number of nitrogens with zero attached hydrogens (tertiary/aromatic N) is 2. The number of fused-ring (bicyclic) bond motifs is 1.